The van der Waals surface area contributed by atoms with Gasteiger partial charge in [0.1, 0.15) is 5.65 Å². The van der Waals surface area contributed by atoms with E-state index in [-0.39, 0.29) is 0 Å². The van der Waals surface area contributed by atoms with Crippen molar-refractivity contribution in [2.24, 2.45) is 0 Å². The summed E-state index contributed by atoms with van der Waals surface area (Å²) >= 11 is 0. The summed E-state index contributed by atoms with van der Waals surface area (Å²) in [6.45, 7) is 10.2. The first-order valence-corrected chi connectivity index (χ1v) is 5.82. The zero-order valence-electron chi connectivity index (χ0n) is 10.5. The Balaban J connectivity index is 0.000000442. The number of imidazole rings is 1. The highest BCUT2D eigenvalue weighted by atomic mass is 15.0. The van der Waals surface area contributed by atoms with Gasteiger partial charge in [-0.05, 0) is 18.1 Å². The van der Waals surface area contributed by atoms with Crippen molar-refractivity contribution in [3.8, 4) is 0 Å². The van der Waals surface area contributed by atoms with E-state index in [2.05, 4.69) is 24.2 Å². The minimum atomic E-state index is 1.02. The molecule has 0 atom stereocenters. The lowest BCUT2D eigenvalue weighted by atomic mass is 10.2. The molecule has 2 heterocycles. The normalized spacial score (nSPS) is 8.60. The first-order chi connectivity index (χ1) is 7.40. The van der Waals surface area contributed by atoms with Crippen molar-refractivity contribution in [1.29, 1.82) is 0 Å². The van der Waals surface area contributed by atoms with Crippen LogP contribution < -0.4 is 0 Å². The number of nitrogens with zero attached hydrogens (tertiary/aromatic N) is 2. The summed E-state index contributed by atoms with van der Waals surface area (Å²) in [5.41, 5.74) is 2.36. The molecule has 0 saturated heterocycles. The van der Waals surface area contributed by atoms with Crippen LogP contribution in [0.1, 0.15) is 40.2 Å². The Morgan fingerprint density at radius 3 is 2.40 bits per heavy atom. The van der Waals surface area contributed by atoms with Gasteiger partial charge >= 0.3 is 0 Å². The van der Waals surface area contributed by atoms with Crippen molar-refractivity contribution in [3.05, 3.63) is 36.3 Å². The predicted octanol–water partition coefficient (Wildman–Crippen LogP) is 3.95. The van der Waals surface area contributed by atoms with Crippen molar-refractivity contribution in [1.82, 2.24) is 9.38 Å². The summed E-state index contributed by atoms with van der Waals surface area (Å²) in [4.78, 5) is 4.16. The van der Waals surface area contributed by atoms with Crippen LogP contribution in [0, 0.1) is 0 Å². The largest absolute Gasteiger partial charge is 0.307 e. The summed E-state index contributed by atoms with van der Waals surface area (Å²) < 4.78 is 2.04. The van der Waals surface area contributed by atoms with Crippen molar-refractivity contribution in [2.45, 2.75) is 41.0 Å². The van der Waals surface area contributed by atoms with Crippen LogP contribution in [-0.2, 0) is 6.42 Å². The summed E-state index contributed by atoms with van der Waals surface area (Å²) in [7, 11) is 0. The highest BCUT2D eigenvalue weighted by molar-refractivity contribution is 5.39. The van der Waals surface area contributed by atoms with E-state index in [9.17, 15) is 0 Å². The Morgan fingerprint density at radius 2 is 1.80 bits per heavy atom. The highest BCUT2D eigenvalue weighted by Crippen LogP contribution is 2.04. The third-order valence-corrected chi connectivity index (χ3v) is 1.86. The molecule has 0 amide bonds. The fourth-order valence-electron chi connectivity index (χ4n) is 1.18. The van der Waals surface area contributed by atoms with E-state index in [4.69, 9.17) is 0 Å². The maximum atomic E-state index is 4.16. The van der Waals surface area contributed by atoms with Gasteiger partial charge < -0.3 is 4.40 Å². The molecule has 0 aliphatic heterocycles. The maximum Gasteiger partial charge on any atom is 0.136 e. The first-order valence-electron chi connectivity index (χ1n) is 5.82. The lowest BCUT2D eigenvalue weighted by Crippen LogP contribution is -1.86. The average Bonchev–Trinajstić information content (AvgIpc) is 2.81. The second kappa shape index (κ2) is 8.04. The highest BCUT2D eigenvalue weighted by Gasteiger charge is 1.92. The van der Waals surface area contributed by atoms with Crippen LogP contribution >= 0.6 is 0 Å². The molecule has 2 heteroatoms. The molecule has 2 rings (SSSR count). The van der Waals surface area contributed by atoms with E-state index < -0.39 is 0 Å². The maximum absolute atomic E-state index is 4.16. The topological polar surface area (TPSA) is 17.3 Å². The van der Waals surface area contributed by atoms with Crippen LogP contribution in [0.25, 0.3) is 5.65 Å². The van der Waals surface area contributed by atoms with Gasteiger partial charge in [-0.3, -0.25) is 0 Å². The molecule has 0 aromatic carbocycles. The SMILES string of the molecule is CC.CC.CCc1ccc2nccn2c1. The smallest absolute Gasteiger partial charge is 0.136 e. The van der Waals surface area contributed by atoms with Crippen LogP contribution in [0.4, 0.5) is 0 Å². The Kier molecular flexibility index (Phi) is 7.33. The Hall–Kier alpha value is -1.31. The summed E-state index contributed by atoms with van der Waals surface area (Å²) in [6, 6.07) is 4.15. The minimum absolute atomic E-state index is 1.02. The van der Waals surface area contributed by atoms with Gasteiger partial charge in [-0.15, -0.1) is 0 Å². The number of aromatic nitrogens is 2. The monoisotopic (exact) mass is 206 g/mol. The van der Waals surface area contributed by atoms with Crippen LogP contribution in [0.5, 0.6) is 0 Å². The molecule has 0 bridgehead atoms. The quantitative estimate of drug-likeness (QED) is 0.690. The van der Waals surface area contributed by atoms with E-state index in [0.29, 0.717) is 0 Å². The van der Waals surface area contributed by atoms with Gasteiger partial charge in [-0.1, -0.05) is 40.7 Å². The van der Waals surface area contributed by atoms with E-state index in [1.807, 2.05) is 50.6 Å². The third-order valence-electron chi connectivity index (χ3n) is 1.86. The van der Waals surface area contributed by atoms with Crippen molar-refractivity contribution in [3.63, 3.8) is 0 Å². The van der Waals surface area contributed by atoms with E-state index in [0.717, 1.165) is 12.1 Å². The molecular formula is C13H22N2. The molecule has 0 radical (unpaired) electrons. The standard InChI is InChI=1S/C9H10N2.2C2H6/c1-2-8-3-4-9-10-5-6-11(9)7-8;2*1-2/h3-7H,2H2,1H3;2*1-2H3. The number of pyridine rings is 1. The zero-order valence-corrected chi connectivity index (χ0v) is 10.5. The Labute approximate surface area is 93.0 Å². The lowest BCUT2D eigenvalue weighted by molar-refractivity contribution is 1.07. The molecule has 0 fully saturated rings. The zero-order chi connectivity index (χ0) is 11.7. The molecule has 0 unspecified atom stereocenters. The van der Waals surface area contributed by atoms with Gasteiger partial charge in [0.2, 0.25) is 0 Å². The lowest BCUT2D eigenvalue weighted by Gasteiger charge is -1.96. The molecule has 2 aromatic rings. The van der Waals surface area contributed by atoms with Gasteiger partial charge in [0.05, 0.1) is 0 Å². The molecular weight excluding hydrogens is 184 g/mol. The number of rotatable bonds is 1. The first kappa shape index (κ1) is 13.7. The van der Waals surface area contributed by atoms with E-state index in [1.54, 1.807) is 0 Å². The van der Waals surface area contributed by atoms with Gasteiger partial charge in [-0.2, -0.15) is 0 Å². The molecule has 0 saturated carbocycles. The average molecular weight is 206 g/mol. The molecule has 2 aromatic heterocycles. The van der Waals surface area contributed by atoms with Crippen molar-refractivity contribution >= 4 is 5.65 Å². The molecule has 15 heavy (non-hydrogen) atoms. The Bertz CT molecular complexity index is 363. The Morgan fingerprint density at radius 1 is 1.13 bits per heavy atom. The van der Waals surface area contributed by atoms with Gasteiger partial charge in [0.15, 0.2) is 0 Å². The molecule has 0 N–H and O–H groups in total. The van der Waals surface area contributed by atoms with Gasteiger partial charge in [-0.25, -0.2) is 4.98 Å². The number of fused-ring (bicyclic) bond motifs is 1. The van der Waals surface area contributed by atoms with Crippen LogP contribution in [0.15, 0.2) is 30.7 Å². The summed E-state index contributed by atoms with van der Waals surface area (Å²) in [5.74, 6) is 0. The third kappa shape index (κ3) is 3.74. The van der Waals surface area contributed by atoms with Crippen molar-refractivity contribution in [2.75, 3.05) is 0 Å². The second-order valence-corrected chi connectivity index (χ2v) is 2.58. The van der Waals surface area contributed by atoms with E-state index >= 15 is 0 Å². The fourth-order valence-corrected chi connectivity index (χ4v) is 1.18. The number of aryl methyl sites for hydroxylation is 1. The molecule has 0 aliphatic rings. The van der Waals surface area contributed by atoms with Gasteiger partial charge in [0, 0.05) is 18.6 Å². The number of hydrogen-bond acceptors (Lipinski definition) is 1. The summed E-state index contributed by atoms with van der Waals surface area (Å²) in [5, 5.41) is 0. The predicted molar refractivity (Wildman–Crippen MR) is 67.3 cm³/mol. The summed E-state index contributed by atoms with van der Waals surface area (Å²) in [6.07, 6.45) is 6.97. The molecule has 0 aliphatic carbocycles. The minimum Gasteiger partial charge on any atom is -0.307 e. The number of hydrogen-bond donors (Lipinski definition) is 0. The van der Waals surface area contributed by atoms with E-state index in [1.165, 1.54) is 5.56 Å². The molecule has 2 nitrogen and oxygen atoms in total. The van der Waals surface area contributed by atoms with Gasteiger partial charge in [0.25, 0.3) is 0 Å². The van der Waals surface area contributed by atoms with Crippen LogP contribution in [-0.4, -0.2) is 9.38 Å². The molecule has 0 spiro atoms. The molecule has 84 valence electrons. The van der Waals surface area contributed by atoms with Crippen LogP contribution in [0.3, 0.4) is 0 Å². The second-order valence-electron chi connectivity index (χ2n) is 2.58. The van der Waals surface area contributed by atoms with Crippen molar-refractivity contribution < 1.29 is 0 Å². The van der Waals surface area contributed by atoms with Crippen LogP contribution in [0.2, 0.25) is 0 Å². The fraction of sp³-hybridized carbons (Fsp3) is 0.462.